The molecule has 0 heterocycles. The van der Waals surface area contributed by atoms with Gasteiger partial charge in [-0.2, -0.15) is 0 Å². The Hall–Kier alpha value is -2.56. The van der Waals surface area contributed by atoms with Gasteiger partial charge in [0.2, 0.25) is 0 Å². The third-order valence-electron chi connectivity index (χ3n) is 2.24. The van der Waals surface area contributed by atoms with Gasteiger partial charge in [-0.25, -0.2) is 0 Å². The monoisotopic (exact) mass is 230 g/mol. The van der Waals surface area contributed by atoms with Crippen molar-refractivity contribution in [2.75, 3.05) is 5.32 Å². The molecule has 2 N–H and O–H groups in total. The Morgan fingerprint density at radius 3 is 2.47 bits per heavy atom. The van der Waals surface area contributed by atoms with Gasteiger partial charge in [0.15, 0.2) is 0 Å². The number of aromatic hydroxyl groups is 1. The van der Waals surface area contributed by atoms with Gasteiger partial charge in [0.25, 0.3) is 5.69 Å². The summed E-state index contributed by atoms with van der Waals surface area (Å²) in [5.41, 5.74) is 0.995. The van der Waals surface area contributed by atoms with E-state index in [1.807, 2.05) is 18.2 Å². The summed E-state index contributed by atoms with van der Waals surface area (Å²) in [6.07, 6.45) is 0. The van der Waals surface area contributed by atoms with Crippen molar-refractivity contribution in [1.29, 1.82) is 0 Å². The summed E-state index contributed by atoms with van der Waals surface area (Å²) >= 11 is 0. The number of hydrogen-bond acceptors (Lipinski definition) is 4. The Bertz CT molecular complexity index is 541. The highest BCUT2D eigenvalue weighted by Crippen LogP contribution is 2.30. The third-order valence-corrected chi connectivity index (χ3v) is 2.24. The highest BCUT2D eigenvalue weighted by molar-refractivity contribution is 5.68. The number of phenolic OH excluding ortho intramolecular Hbond substituents is 1. The molecule has 0 radical (unpaired) electrons. The van der Waals surface area contributed by atoms with Gasteiger partial charge in [-0.05, 0) is 18.2 Å². The number of para-hydroxylation sites is 1. The van der Waals surface area contributed by atoms with Crippen LogP contribution in [0.2, 0.25) is 0 Å². The van der Waals surface area contributed by atoms with Crippen LogP contribution in [0.3, 0.4) is 0 Å². The molecule has 17 heavy (non-hydrogen) atoms. The quantitative estimate of drug-likeness (QED) is 0.482. The van der Waals surface area contributed by atoms with Crippen LogP contribution in [0.5, 0.6) is 5.75 Å². The molecular formula is C12H10N2O3. The number of rotatable bonds is 3. The number of phenols is 1. The highest BCUT2D eigenvalue weighted by atomic mass is 16.6. The van der Waals surface area contributed by atoms with E-state index in [9.17, 15) is 15.2 Å². The molecule has 0 atom stereocenters. The fourth-order valence-electron chi connectivity index (χ4n) is 1.41. The molecule has 0 fully saturated rings. The Morgan fingerprint density at radius 2 is 1.82 bits per heavy atom. The lowest BCUT2D eigenvalue weighted by Crippen LogP contribution is -1.93. The number of nitrogens with zero attached hydrogens (tertiary/aromatic N) is 1. The van der Waals surface area contributed by atoms with E-state index < -0.39 is 4.92 Å². The van der Waals surface area contributed by atoms with Gasteiger partial charge < -0.3 is 10.4 Å². The maximum absolute atomic E-state index is 10.6. The van der Waals surface area contributed by atoms with Crippen molar-refractivity contribution in [2.45, 2.75) is 0 Å². The third kappa shape index (κ3) is 2.52. The zero-order valence-corrected chi connectivity index (χ0v) is 8.83. The molecule has 0 saturated heterocycles. The van der Waals surface area contributed by atoms with Crippen molar-refractivity contribution < 1.29 is 10.0 Å². The lowest BCUT2D eigenvalue weighted by molar-refractivity contribution is -0.384. The smallest absolute Gasteiger partial charge is 0.271 e. The summed E-state index contributed by atoms with van der Waals surface area (Å²) in [6, 6.07) is 13.0. The van der Waals surface area contributed by atoms with Gasteiger partial charge in [0.1, 0.15) is 5.75 Å². The van der Waals surface area contributed by atoms with E-state index in [4.69, 9.17) is 0 Å². The van der Waals surface area contributed by atoms with Crippen LogP contribution in [0.1, 0.15) is 0 Å². The number of nitro benzene ring substituents is 1. The van der Waals surface area contributed by atoms with E-state index in [1.165, 1.54) is 18.2 Å². The Labute approximate surface area is 97.5 Å². The number of nitrogens with one attached hydrogen (secondary N) is 1. The number of anilines is 2. The van der Waals surface area contributed by atoms with Gasteiger partial charge in [0, 0.05) is 17.8 Å². The van der Waals surface area contributed by atoms with Gasteiger partial charge in [-0.1, -0.05) is 18.2 Å². The normalized spacial score (nSPS) is 9.88. The van der Waals surface area contributed by atoms with Crippen molar-refractivity contribution in [2.24, 2.45) is 0 Å². The molecule has 0 aliphatic carbocycles. The van der Waals surface area contributed by atoms with E-state index in [1.54, 1.807) is 12.1 Å². The first-order chi connectivity index (χ1) is 8.16. The first kappa shape index (κ1) is 10.9. The van der Waals surface area contributed by atoms with E-state index in [0.717, 1.165) is 5.69 Å². The van der Waals surface area contributed by atoms with Gasteiger partial charge >= 0.3 is 0 Å². The number of non-ortho nitro benzene ring substituents is 1. The van der Waals surface area contributed by atoms with Crippen LogP contribution in [0.4, 0.5) is 17.1 Å². The van der Waals surface area contributed by atoms with E-state index in [0.29, 0.717) is 5.69 Å². The largest absolute Gasteiger partial charge is 0.506 e. The Balaban J connectivity index is 2.32. The lowest BCUT2D eigenvalue weighted by atomic mass is 10.2. The number of hydrogen-bond donors (Lipinski definition) is 2. The molecule has 0 unspecified atom stereocenters. The van der Waals surface area contributed by atoms with Crippen molar-refractivity contribution in [3.05, 3.63) is 58.6 Å². The molecule has 5 nitrogen and oxygen atoms in total. The second-order valence-electron chi connectivity index (χ2n) is 3.45. The summed E-state index contributed by atoms with van der Waals surface area (Å²) in [5.74, 6) is -0.0283. The van der Waals surface area contributed by atoms with Gasteiger partial charge in [0.05, 0.1) is 10.6 Å². The molecule has 0 bridgehead atoms. The summed E-state index contributed by atoms with van der Waals surface area (Å²) in [5, 5.41) is 23.1. The molecule has 2 aromatic carbocycles. The van der Waals surface area contributed by atoms with Crippen molar-refractivity contribution in [3.8, 4) is 5.75 Å². The van der Waals surface area contributed by atoms with Crippen LogP contribution in [-0.4, -0.2) is 10.0 Å². The fourth-order valence-corrected chi connectivity index (χ4v) is 1.41. The van der Waals surface area contributed by atoms with Crippen LogP contribution in [0.15, 0.2) is 48.5 Å². The standard InChI is InChI=1S/C12H10N2O3/c15-12-7-6-10(14(16)17)8-11(12)13-9-4-2-1-3-5-9/h1-8,13,15H. The molecule has 2 aromatic rings. The van der Waals surface area contributed by atoms with Crippen LogP contribution < -0.4 is 5.32 Å². The van der Waals surface area contributed by atoms with E-state index in [2.05, 4.69) is 5.32 Å². The predicted octanol–water partition coefficient (Wildman–Crippen LogP) is 3.04. The first-order valence-corrected chi connectivity index (χ1v) is 4.96. The van der Waals surface area contributed by atoms with Crippen molar-refractivity contribution >= 4 is 17.1 Å². The van der Waals surface area contributed by atoms with Gasteiger partial charge in [-0.3, -0.25) is 10.1 Å². The van der Waals surface area contributed by atoms with Crippen molar-refractivity contribution in [3.63, 3.8) is 0 Å². The summed E-state index contributed by atoms with van der Waals surface area (Å²) in [6.45, 7) is 0. The molecule has 0 aliphatic rings. The van der Waals surface area contributed by atoms with E-state index in [-0.39, 0.29) is 11.4 Å². The SMILES string of the molecule is O=[N+]([O-])c1ccc(O)c(Nc2ccccc2)c1. The average Bonchev–Trinajstić information content (AvgIpc) is 2.33. The molecule has 0 saturated carbocycles. The molecule has 0 spiro atoms. The zero-order valence-electron chi connectivity index (χ0n) is 8.83. The molecule has 86 valence electrons. The second-order valence-corrected chi connectivity index (χ2v) is 3.45. The Kier molecular flexibility index (Phi) is 2.91. The average molecular weight is 230 g/mol. The molecular weight excluding hydrogens is 220 g/mol. The fraction of sp³-hybridized carbons (Fsp3) is 0. The summed E-state index contributed by atoms with van der Waals surface area (Å²) < 4.78 is 0. The van der Waals surface area contributed by atoms with Crippen LogP contribution in [-0.2, 0) is 0 Å². The zero-order chi connectivity index (χ0) is 12.3. The highest BCUT2D eigenvalue weighted by Gasteiger charge is 2.10. The van der Waals surface area contributed by atoms with E-state index >= 15 is 0 Å². The Morgan fingerprint density at radius 1 is 1.12 bits per heavy atom. The van der Waals surface area contributed by atoms with Crippen LogP contribution in [0.25, 0.3) is 0 Å². The minimum atomic E-state index is -0.504. The molecule has 0 aliphatic heterocycles. The second kappa shape index (κ2) is 4.52. The minimum Gasteiger partial charge on any atom is -0.506 e. The first-order valence-electron chi connectivity index (χ1n) is 4.96. The maximum Gasteiger partial charge on any atom is 0.271 e. The molecule has 0 aromatic heterocycles. The maximum atomic E-state index is 10.6. The van der Waals surface area contributed by atoms with Crippen LogP contribution >= 0.6 is 0 Å². The molecule has 0 amide bonds. The topological polar surface area (TPSA) is 75.4 Å². The number of nitro groups is 1. The summed E-state index contributed by atoms with van der Waals surface area (Å²) in [4.78, 5) is 10.1. The predicted molar refractivity (Wildman–Crippen MR) is 64.5 cm³/mol. The summed E-state index contributed by atoms with van der Waals surface area (Å²) in [7, 11) is 0. The molecule has 5 heteroatoms. The van der Waals surface area contributed by atoms with Crippen LogP contribution in [0, 0.1) is 10.1 Å². The number of benzene rings is 2. The van der Waals surface area contributed by atoms with Crippen molar-refractivity contribution in [1.82, 2.24) is 0 Å². The minimum absolute atomic E-state index is 0.0283. The van der Waals surface area contributed by atoms with Gasteiger partial charge in [-0.15, -0.1) is 0 Å². The molecule has 2 rings (SSSR count). The lowest BCUT2D eigenvalue weighted by Gasteiger charge is -2.07.